The average molecular weight is 275 g/mol. The van der Waals surface area contributed by atoms with Crippen LogP contribution >= 0.6 is 0 Å². The Kier molecular flexibility index (Phi) is 2.52. The molecule has 2 aromatic carbocycles. The van der Waals surface area contributed by atoms with Gasteiger partial charge in [-0.2, -0.15) is 5.26 Å². The lowest BCUT2D eigenvalue weighted by atomic mass is 9.69. The first-order valence-corrected chi connectivity index (χ1v) is 7.43. The van der Waals surface area contributed by atoms with Crippen molar-refractivity contribution in [3.8, 4) is 6.07 Å². The first kappa shape index (κ1) is 12.6. The Hall–Kier alpha value is -2.11. The number of aliphatic hydroxyl groups is 1. The second kappa shape index (κ2) is 4.19. The summed E-state index contributed by atoms with van der Waals surface area (Å²) in [5.41, 5.74) is 3.14. The molecule has 0 atom stereocenters. The largest absolute Gasteiger partial charge is 0.388 e. The molecule has 104 valence electrons. The van der Waals surface area contributed by atoms with Crippen molar-refractivity contribution in [1.82, 2.24) is 0 Å². The highest BCUT2D eigenvalue weighted by Crippen LogP contribution is 2.50. The quantitative estimate of drug-likeness (QED) is 0.869. The average Bonchev–Trinajstić information content (AvgIpc) is 3.05. The van der Waals surface area contributed by atoms with Gasteiger partial charge in [-0.05, 0) is 35.1 Å². The van der Waals surface area contributed by atoms with Crippen molar-refractivity contribution in [2.75, 3.05) is 0 Å². The Morgan fingerprint density at radius 2 is 1.14 bits per heavy atom. The number of hydrogen-bond acceptors (Lipinski definition) is 2. The van der Waals surface area contributed by atoms with E-state index in [0.717, 1.165) is 0 Å². The summed E-state index contributed by atoms with van der Waals surface area (Å²) in [5, 5.41) is 21.2. The monoisotopic (exact) mass is 275 g/mol. The molecule has 0 radical (unpaired) electrons. The molecule has 2 aromatic rings. The Bertz CT molecular complexity index is 706. The highest BCUT2D eigenvalue weighted by Gasteiger charge is 2.56. The molecular formula is C19H17NO. The van der Waals surface area contributed by atoms with Gasteiger partial charge in [0.25, 0.3) is 0 Å². The summed E-state index contributed by atoms with van der Waals surface area (Å²) in [6.07, 6.45) is 2.49. The van der Waals surface area contributed by atoms with Crippen LogP contribution < -0.4 is 0 Å². The summed E-state index contributed by atoms with van der Waals surface area (Å²) < 4.78 is 0. The van der Waals surface area contributed by atoms with Crippen LogP contribution in [0, 0.1) is 16.7 Å². The summed E-state index contributed by atoms with van der Waals surface area (Å²) in [6, 6.07) is 18.8. The van der Waals surface area contributed by atoms with Gasteiger partial charge in [0.05, 0.1) is 17.1 Å². The fourth-order valence-electron chi connectivity index (χ4n) is 4.06. The lowest BCUT2D eigenvalue weighted by Crippen LogP contribution is -2.49. The molecule has 2 heteroatoms. The van der Waals surface area contributed by atoms with Gasteiger partial charge in [-0.1, -0.05) is 48.5 Å². The molecule has 0 heterocycles. The minimum absolute atomic E-state index is 0.588. The number of fused-ring (bicyclic) bond motifs is 2. The van der Waals surface area contributed by atoms with E-state index in [4.69, 9.17) is 0 Å². The third-order valence-corrected chi connectivity index (χ3v) is 5.29. The molecule has 0 bridgehead atoms. The summed E-state index contributed by atoms with van der Waals surface area (Å²) in [4.78, 5) is 0. The normalized spacial score (nSPS) is 20.6. The molecule has 2 nitrogen and oxygen atoms in total. The van der Waals surface area contributed by atoms with E-state index in [-0.39, 0.29) is 0 Å². The SMILES string of the molecule is N#CC1(C2(O)Cc3ccccc3C2)Cc2ccccc2C1. The smallest absolute Gasteiger partial charge is 0.0947 e. The fraction of sp³-hybridized carbons (Fsp3) is 0.316. The zero-order valence-electron chi connectivity index (χ0n) is 11.8. The van der Waals surface area contributed by atoms with Crippen molar-refractivity contribution >= 4 is 0 Å². The minimum atomic E-state index is -0.954. The molecule has 1 N–H and O–H groups in total. The van der Waals surface area contributed by atoms with Crippen LogP contribution in [0.25, 0.3) is 0 Å². The van der Waals surface area contributed by atoms with Gasteiger partial charge in [-0.25, -0.2) is 0 Å². The summed E-state index contributed by atoms with van der Waals surface area (Å²) in [7, 11) is 0. The van der Waals surface area contributed by atoms with Crippen LogP contribution in [0.4, 0.5) is 0 Å². The van der Waals surface area contributed by atoms with Crippen LogP contribution in [0.3, 0.4) is 0 Å². The van der Waals surface area contributed by atoms with Gasteiger partial charge in [0.1, 0.15) is 0 Å². The summed E-state index contributed by atoms with van der Waals surface area (Å²) in [5.74, 6) is 0. The third-order valence-electron chi connectivity index (χ3n) is 5.29. The molecule has 0 aliphatic heterocycles. The zero-order valence-corrected chi connectivity index (χ0v) is 11.8. The fourth-order valence-corrected chi connectivity index (χ4v) is 4.06. The molecule has 0 unspecified atom stereocenters. The van der Waals surface area contributed by atoms with Crippen LogP contribution in [0.5, 0.6) is 0 Å². The highest BCUT2D eigenvalue weighted by atomic mass is 16.3. The van der Waals surface area contributed by atoms with E-state index in [1.807, 2.05) is 24.3 Å². The van der Waals surface area contributed by atoms with E-state index < -0.39 is 11.0 Å². The molecule has 0 saturated heterocycles. The molecule has 2 aliphatic rings. The number of nitriles is 1. The van der Waals surface area contributed by atoms with Gasteiger partial charge in [-0.3, -0.25) is 0 Å². The number of rotatable bonds is 1. The number of hydrogen-bond donors (Lipinski definition) is 1. The molecule has 21 heavy (non-hydrogen) atoms. The lowest BCUT2D eigenvalue weighted by molar-refractivity contribution is -0.0421. The number of nitrogens with zero attached hydrogens (tertiary/aromatic N) is 1. The summed E-state index contributed by atoms with van der Waals surface area (Å²) in [6.45, 7) is 0. The van der Waals surface area contributed by atoms with Gasteiger partial charge in [0, 0.05) is 12.8 Å². The second-order valence-corrected chi connectivity index (χ2v) is 6.47. The topological polar surface area (TPSA) is 44.0 Å². The molecular weight excluding hydrogens is 258 g/mol. The van der Waals surface area contributed by atoms with Crippen molar-refractivity contribution in [2.45, 2.75) is 31.3 Å². The second-order valence-electron chi connectivity index (χ2n) is 6.47. The maximum absolute atomic E-state index is 11.3. The molecule has 0 amide bonds. The first-order chi connectivity index (χ1) is 10.2. The highest BCUT2D eigenvalue weighted by molar-refractivity contribution is 5.44. The maximum Gasteiger partial charge on any atom is 0.0947 e. The van der Waals surface area contributed by atoms with Crippen molar-refractivity contribution in [3.05, 3.63) is 70.8 Å². The van der Waals surface area contributed by atoms with E-state index in [0.29, 0.717) is 25.7 Å². The lowest BCUT2D eigenvalue weighted by Gasteiger charge is -2.37. The van der Waals surface area contributed by atoms with Crippen LogP contribution in [0.2, 0.25) is 0 Å². The Balaban J connectivity index is 1.75. The minimum Gasteiger partial charge on any atom is -0.388 e. The van der Waals surface area contributed by atoms with E-state index >= 15 is 0 Å². The van der Waals surface area contributed by atoms with Crippen LogP contribution in [-0.4, -0.2) is 10.7 Å². The van der Waals surface area contributed by atoms with Crippen LogP contribution in [0.15, 0.2) is 48.5 Å². The Morgan fingerprint density at radius 1 is 0.762 bits per heavy atom. The van der Waals surface area contributed by atoms with Crippen molar-refractivity contribution in [1.29, 1.82) is 5.26 Å². The van der Waals surface area contributed by atoms with Gasteiger partial charge in [0.15, 0.2) is 0 Å². The summed E-state index contributed by atoms with van der Waals surface area (Å²) >= 11 is 0. The first-order valence-electron chi connectivity index (χ1n) is 7.43. The van der Waals surface area contributed by atoms with Gasteiger partial charge in [0.2, 0.25) is 0 Å². The molecule has 0 fully saturated rings. The maximum atomic E-state index is 11.3. The zero-order chi connectivity index (χ0) is 14.5. The van der Waals surface area contributed by atoms with E-state index in [1.165, 1.54) is 22.3 Å². The van der Waals surface area contributed by atoms with E-state index in [1.54, 1.807) is 0 Å². The Labute approximate surface area is 124 Å². The molecule has 0 spiro atoms. The predicted molar refractivity (Wildman–Crippen MR) is 80.7 cm³/mol. The number of benzene rings is 2. The van der Waals surface area contributed by atoms with Gasteiger partial charge in [-0.15, -0.1) is 0 Å². The third kappa shape index (κ3) is 1.68. The molecule has 2 aliphatic carbocycles. The van der Waals surface area contributed by atoms with Crippen LogP contribution in [-0.2, 0) is 25.7 Å². The van der Waals surface area contributed by atoms with Crippen molar-refractivity contribution in [3.63, 3.8) is 0 Å². The van der Waals surface area contributed by atoms with Gasteiger partial charge < -0.3 is 5.11 Å². The van der Waals surface area contributed by atoms with Crippen LogP contribution in [0.1, 0.15) is 22.3 Å². The van der Waals surface area contributed by atoms with Crippen molar-refractivity contribution < 1.29 is 5.11 Å². The standard InChI is InChI=1S/C19H17NO/c20-13-18(9-14-5-1-2-6-15(14)10-18)19(21)11-16-7-3-4-8-17(16)12-19/h1-8,21H,9-12H2. The van der Waals surface area contributed by atoms with E-state index in [2.05, 4.69) is 30.3 Å². The molecule has 4 rings (SSSR count). The van der Waals surface area contributed by atoms with E-state index in [9.17, 15) is 10.4 Å². The molecule has 0 aromatic heterocycles. The predicted octanol–water partition coefficient (Wildman–Crippen LogP) is 2.83. The van der Waals surface area contributed by atoms with Gasteiger partial charge >= 0.3 is 0 Å². The van der Waals surface area contributed by atoms with Crippen molar-refractivity contribution in [2.24, 2.45) is 5.41 Å². The molecule has 0 saturated carbocycles. The Morgan fingerprint density at radius 3 is 1.52 bits per heavy atom.